The maximum absolute atomic E-state index is 12.7. The van der Waals surface area contributed by atoms with E-state index in [9.17, 15) is 22.8 Å². The third kappa shape index (κ3) is 5.63. The van der Waals surface area contributed by atoms with E-state index in [1.807, 2.05) is 6.92 Å². The molecule has 3 amide bonds. The van der Waals surface area contributed by atoms with Gasteiger partial charge in [-0.15, -0.1) is 0 Å². The van der Waals surface area contributed by atoms with Crippen LogP contribution in [0.2, 0.25) is 0 Å². The number of primary amides is 1. The second-order valence-electron chi connectivity index (χ2n) is 5.71. The van der Waals surface area contributed by atoms with Gasteiger partial charge in [-0.2, -0.15) is 13.2 Å². The van der Waals surface area contributed by atoms with Gasteiger partial charge in [-0.05, 0) is 42.8 Å². The number of amides is 3. The Balaban J connectivity index is 2.11. The van der Waals surface area contributed by atoms with Crippen molar-refractivity contribution in [1.29, 1.82) is 0 Å². The van der Waals surface area contributed by atoms with Crippen LogP contribution in [0.5, 0.6) is 0 Å². The maximum atomic E-state index is 12.7. The minimum Gasteiger partial charge on any atom is -0.384 e. The quantitative estimate of drug-likeness (QED) is 0.603. The van der Waals surface area contributed by atoms with Crippen molar-refractivity contribution in [1.82, 2.24) is 0 Å². The predicted octanol–water partition coefficient (Wildman–Crippen LogP) is 4.27. The Morgan fingerprint density at radius 3 is 2.30 bits per heavy atom. The van der Waals surface area contributed by atoms with Crippen LogP contribution in [0.4, 0.5) is 35.0 Å². The first-order chi connectivity index (χ1) is 12.7. The van der Waals surface area contributed by atoms with Crippen LogP contribution in [-0.2, 0) is 6.18 Å². The van der Waals surface area contributed by atoms with Crippen LogP contribution >= 0.6 is 0 Å². The predicted molar refractivity (Wildman–Crippen MR) is 97.8 cm³/mol. The van der Waals surface area contributed by atoms with Gasteiger partial charge < -0.3 is 21.7 Å². The number of carbonyl (C=O) groups is 2. The average Bonchev–Trinajstić information content (AvgIpc) is 2.59. The molecule has 27 heavy (non-hydrogen) atoms. The second kappa shape index (κ2) is 8.43. The largest absolute Gasteiger partial charge is 0.416 e. The Hall–Kier alpha value is -3.23. The third-order valence-electron chi connectivity index (χ3n) is 3.56. The summed E-state index contributed by atoms with van der Waals surface area (Å²) in [6.07, 6.45) is -3.66. The molecule has 0 aliphatic heterocycles. The molecule has 0 unspecified atom stereocenters. The molecule has 0 saturated carbocycles. The first-order valence-corrected chi connectivity index (χ1v) is 8.13. The number of halogens is 3. The molecule has 0 atom stereocenters. The molecule has 5 N–H and O–H groups in total. The van der Waals surface area contributed by atoms with Crippen LogP contribution < -0.4 is 21.7 Å². The molecule has 2 aromatic rings. The highest BCUT2D eigenvalue weighted by Crippen LogP contribution is 2.30. The molecule has 0 bridgehead atoms. The lowest BCUT2D eigenvalue weighted by atomic mass is 10.1. The van der Waals surface area contributed by atoms with Crippen LogP contribution in [0.3, 0.4) is 0 Å². The molecule has 0 aliphatic rings. The molecular weight excluding hydrogens is 361 g/mol. The first-order valence-electron chi connectivity index (χ1n) is 8.13. The monoisotopic (exact) mass is 380 g/mol. The lowest BCUT2D eigenvalue weighted by molar-refractivity contribution is -0.137. The molecule has 0 aliphatic carbocycles. The lowest BCUT2D eigenvalue weighted by Crippen LogP contribution is -2.21. The van der Waals surface area contributed by atoms with E-state index in [1.165, 1.54) is 18.2 Å². The van der Waals surface area contributed by atoms with Crippen molar-refractivity contribution in [2.45, 2.75) is 19.5 Å². The number of hydrogen-bond donors (Lipinski definition) is 4. The third-order valence-corrected chi connectivity index (χ3v) is 3.56. The Labute approximate surface area is 153 Å². The van der Waals surface area contributed by atoms with Gasteiger partial charge in [-0.3, -0.25) is 4.79 Å². The summed E-state index contributed by atoms with van der Waals surface area (Å²) >= 11 is 0. The number of anilines is 3. The van der Waals surface area contributed by atoms with Gasteiger partial charge in [0.15, 0.2) is 0 Å². The molecule has 0 heterocycles. The smallest absolute Gasteiger partial charge is 0.384 e. The summed E-state index contributed by atoms with van der Waals surface area (Å²) in [7, 11) is 0. The van der Waals surface area contributed by atoms with Gasteiger partial charge in [0, 0.05) is 23.6 Å². The van der Waals surface area contributed by atoms with Crippen molar-refractivity contribution in [3.8, 4) is 0 Å². The minimum atomic E-state index is -4.51. The highest BCUT2D eigenvalue weighted by atomic mass is 19.4. The highest BCUT2D eigenvalue weighted by Gasteiger charge is 2.30. The van der Waals surface area contributed by atoms with E-state index < -0.39 is 23.7 Å². The summed E-state index contributed by atoms with van der Waals surface area (Å²) in [5, 5.41) is 7.83. The molecule has 0 fully saturated rings. The fourth-order valence-corrected chi connectivity index (χ4v) is 2.31. The summed E-state index contributed by atoms with van der Waals surface area (Å²) in [4.78, 5) is 23.6. The number of nitrogens with one attached hydrogen (secondary N) is 3. The number of nitrogens with two attached hydrogens (primary N) is 1. The van der Waals surface area contributed by atoms with E-state index in [1.54, 1.807) is 12.1 Å². The molecule has 9 heteroatoms. The number of rotatable bonds is 6. The molecule has 0 radical (unpaired) electrons. The number of benzene rings is 2. The van der Waals surface area contributed by atoms with Gasteiger partial charge in [-0.1, -0.05) is 13.0 Å². The Morgan fingerprint density at radius 2 is 1.70 bits per heavy atom. The van der Waals surface area contributed by atoms with Crippen LogP contribution in [0.1, 0.15) is 29.3 Å². The molecule has 6 nitrogen and oxygen atoms in total. The zero-order valence-corrected chi connectivity index (χ0v) is 14.5. The van der Waals surface area contributed by atoms with Crippen LogP contribution in [0.25, 0.3) is 0 Å². The van der Waals surface area contributed by atoms with Crippen molar-refractivity contribution in [2.24, 2.45) is 5.73 Å². The first kappa shape index (κ1) is 20.1. The molecule has 144 valence electrons. The molecular formula is C18H19F3N4O2. The van der Waals surface area contributed by atoms with Gasteiger partial charge in [0.25, 0.3) is 5.91 Å². The van der Waals surface area contributed by atoms with Gasteiger partial charge >= 0.3 is 12.2 Å². The fourth-order valence-electron chi connectivity index (χ4n) is 2.31. The Bertz CT molecular complexity index is 838. The van der Waals surface area contributed by atoms with Gasteiger partial charge in [0.05, 0.1) is 11.1 Å². The van der Waals surface area contributed by atoms with Gasteiger partial charge in [0.1, 0.15) is 0 Å². The average molecular weight is 380 g/mol. The van der Waals surface area contributed by atoms with E-state index in [4.69, 9.17) is 5.73 Å². The van der Waals surface area contributed by atoms with E-state index in [2.05, 4.69) is 16.0 Å². The van der Waals surface area contributed by atoms with E-state index >= 15 is 0 Å². The topological polar surface area (TPSA) is 96.2 Å². The molecule has 0 spiro atoms. The Morgan fingerprint density at radius 1 is 1.04 bits per heavy atom. The number of alkyl halides is 3. The Kier molecular flexibility index (Phi) is 6.27. The zero-order valence-electron chi connectivity index (χ0n) is 14.5. The summed E-state index contributed by atoms with van der Waals surface area (Å²) < 4.78 is 38.2. The summed E-state index contributed by atoms with van der Waals surface area (Å²) in [6.45, 7) is 2.61. The van der Waals surface area contributed by atoms with Crippen molar-refractivity contribution < 1.29 is 22.8 Å². The van der Waals surface area contributed by atoms with E-state index in [0.717, 1.165) is 18.6 Å². The number of hydrogen-bond acceptors (Lipinski definition) is 3. The SMILES string of the molecule is CCCNc1ccc(NC(=O)Nc2cccc(C(F)(F)F)c2)cc1C(N)=O. The van der Waals surface area contributed by atoms with Crippen molar-refractivity contribution in [3.63, 3.8) is 0 Å². The van der Waals surface area contributed by atoms with Crippen LogP contribution in [-0.4, -0.2) is 18.5 Å². The minimum absolute atomic E-state index is 0.0151. The summed E-state index contributed by atoms with van der Waals surface area (Å²) in [6, 6.07) is 8.05. The normalized spacial score (nSPS) is 11.0. The van der Waals surface area contributed by atoms with Crippen LogP contribution in [0.15, 0.2) is 42.5 Å². The van der Waals surface area contributed by atoms with Crippen molar-refractivity contribution in [3.05, 3.63) is 53.6 Å². The summed E-state index contributed by atoms with van der Waals surface area (Å²) in [5.41, 5.74) is 5.47. The molecule has 0 aromatic heterocycles. The molecule has 2 rings (SSSR count). The van der Waals surface area contributed by atoms with E-state index in [-0.39, 0.29) is 16.9 Å². The van der Waals surface area contributed by atoms with Gasteiger partial charge in [0.2, 0.25) is 0 Å². The van der Waals surface area contributed by atoms with E-state index in [0.29, 0.717) is 12.2 Å². The second-order valence-corrected chi connectivity index (χ2v) is 5.71. The highest BCUT2D eigenvalue weighted by molar-refractivity contribution is 6.03. The molecule has 2 aromatic carbocycles. The number of carbonyl (C=O) groups excluding carboxylic acids is 2. The van der Waals surface area contributed by atoms with Gasteiger partial charge in [-0.25, -0.2) is 4.79 Å². The molecule has 0 saturated heterocycles. The van der Waals surface area contributed by atoms with Crippen molar-refractivity contribution >= 4 is 29.0 Å². The number of urea groups is 1. The zero-order chi connectivity index (χ0) is 20.0. The van der Waals surface area contributed by atoms with Crippen LogP contribution in [0, 0.1) is 0 Å². The fraction of sp³-hybridized carbons (Fsp3) is 0.222. The van der Waals surface area contributed by atoms with Crippen molar-refractivity contribution in [2.75, 3.05) is 22.5 Å². The summed E-state index contributed by atoms with van der Waals surface area (Å²) in [5.74, 6) is -0.671. The maximum Gasteiger partial charge on any atom is 0.416 e. The lowest BCUT2D eigenvalue weighted by Gasteiger charge is -2.13. The standard InChI is InChI=1S/C18H19F3N4O2/c1-2-8-23-15-7-6-13(10-14(15)16(22)26)25-17(27)24-12-5-3-4-11(9-12)18(19,20)21/h3-7,9-10,23H,2,8H2,1H3,(H2,22,26)(H2,24,25,27).